The molecule has 0 radical (unpaired) electrons. The molecule has 26 heavy (non-hydrogen) atoms. The van der Waals surface area contributed by atoms with E-state index in [-0.39, 0.29) is 11.5 Å². The first-order valence-corrected chi connectivity index (χ1v) is 7.80. The molecule has 0 aliphatic rings. The number of unbranched alkanes of at least 4 members (excludes halogenated alkanes) is 1. The fraction of sp³-hybridized carbons (Fsp3) is 0.222. The molecule has 0 unspecified atom stereocenters. The summed E-state index contributed by atoms with van der Waals surface area (Å²) in [5.74, 6) is 1.71. The molecule has 0 saturated heterocycles. The lowest BCUT2D eigenvalue weighted by atomic mass is 10.3. The Morgan fingerprint density at radius 3 is 1.23 bits per heavy atom. The SMILES string of the molecule is O=C(O)Oc1ccc(OCCCCOc2ccc(OC(=O)O)cc2)cc1. The van der Waals surface area contributed by atoms with Crippen molar-refractivity contribution in [3.05, 3.63) is 48.5 Å². The van der Waals surface area contributed by atoms with E-state index in [0.717, 1.165) is 12.8 Å². The van der Waals surface area contributed by atoms with E-state index in [4.69, 9.17) is 19.7 Å². The fourth-order valence-corrected chi connectivity index (χ4v) is 1.99. The van der Waals surface area contributed by atoms with Crippen LogP contribution >= 0.6 is 0 Å². The third-order valence-corrected chi connectivity index (χ3v) is 3.13. The number of carboxylic acid groups (broad SMARTS) is 2. The average Bonchev–Trinajstić information content (AvgIpc) is 2.60. The molecule has 0 atom stereocenters. The van der Waals surface area contributed by atoms with Crippen LogP contribution in [0.5, 0.6) is 23.0 Å². The van der Waals surface area contributed by atoms with Gasteiger partial charge in [-0.25, -0.2) is 9.59 Å². The summed E-state index contributed by atoms with van der Waals surface area (Å²) in [5.41, 5.74) is 0. The molecule has 0 bridgehead atoms. The van der Waals surface area contributed by atoms with Crippen LogP contribution in [0.4, 0.5) is 9.59 Å². The highest BCUT2D eigenvalue weighted by molar-refractivity contribution is 5.61. The number of benzene rings is 2. The highest BCUT2D eigenvalue weighted by Gasteiger charge is 2.02. The molecular formula is C18H18O8. The molecule has 2 aromatic carbocycles. The maximum Gasteiger partial charge on any atom is 0.511 e. The third kappa shape index (κ3) is 7.00. The summed E-state index contributed by atoms with van der Waals surface area (Å²) in [7, 11) is 0. The van der Waals surface area contributed by atoms with Crippen molar-refractivity contribution in [3.8, 4) is 23.0 Å². The van der Waals surface area contributed by atoms with Gasteiger partial charge in [0.2, 0.25) is 0 Å². The topological polar surface area (TPSA) is 112 Å². The van der Waals surface area contributed by atoms with Gasteiger partial charge in [-0.15, -0.1) is 0 Å². The summed E-state index contributed by atoms with van der Waals surface area (Å²) in [6, 6.07) is 12.6. The zero-order valence-corrected chi connectivity index (χ0v) is 13.8. The van der Waals surface area contributed by atoms with Crippen LogP contribution in [-0.4, -0.2) is 35.7 Å². The van der Waals surface area contributed by atoms with Crippen LogP contribution in [0.2, 0.25) is 0 Å². The van der Waals surface area contributed by atoms with Gasteiger partial charge in [-0.1, -0.05) is 0 Å². The second-order valence-corrected chi connectivity index (χ2v) is 5.08. The van der Waals surface area contributed by atoms with Crippen molar-refractivity contribution in [1.82, 2.24) is 0 Å². The van der Waals surface area contributed by atoms with Crippen molar-refractivity contribution >= 4 is 12.3 Å². The highest BCUT2D eigenvalue weighted by atomic mass is 16.7. The maximum atomic E-state index is 10.4. The molecule has 8 nitrogen and oxygen atoms in total. The molecule has 0 spiro atoms. The number of hydrogen-bond donors (Lipinski definition) is 2. The van der Waals surface area contributed by atoms with Crippen molar-refractivity contribution in [3.63, 3.8) is 0 Å². The highest BCUT2D eigenvalue weighted by Crippen LogP contribution is 2.19. The molecule has 0 aromatic heterocycles. The van der Waals surface area contributed by atoms with Gasteiger partial charge >= 0.3 is 12.3 Å². The molecule has 2 N–H and O–H groups in total. The van der Waals surface area contributed by atoms with Gasteiger partial charge in [0.25, 0.3) is 0 Å². The van der Waals surface area contributed by atoms with E-state index in [1.807, 2.05) is 0 Å². The Morgan fingerprint density at radius 1 is 0.615 bits per heavy atom. The summed E-state index contributed by atoms with van der Waals surface area (Å²) in [6.45, 7) is 0.988. The van der Waals surface area contributed by atoms with Gasteiger partial charge in [0.05, 0.1) is 13.2 Å². The first kappa shape index (κ1) is 18.9. The van der Waals surface area contributed by atoms with E-state index in [1.54, 1.807) is 24.3 Å². The molecule has 0 amide bonds. The lowest BCUT2D eigenvalue weighted by Crippen LogP contribution is -2.04. The van der Waals surface area contributed by atoms with Crippen molar-refractivity contribution in [1.29, 1.82) is 0 Å². The van der Waals surface area contributed by atoms with Crippen LogP contribution in [-0.2, 0) is 0 Å². The molecule has 2 aromatic rings. The summed E-state index contributed by atoms with van der Waals surface area (Å²) in [5, 5.41) is 17.0. The zero-order valence-electron chi connectivity index (χ0n) is 13.8. The second-order valence-electron chi connectivity index (χ2n) is 5.08. The van der Waals surface area contributed by atoms with Gasteiger partial charge < -0.3 is 29.2 Å². The standard InChI is InChI=1S/C18H18O8/c19-17(20)25-15-7-3-13(4-8-15)23-11-1-2-12-24-14-5-9-16(10-6-14)26-18(21)22/h3-10H,1-2,11-12H2,(H,19,20)(H,21,22). The van der Waals surface area contributed by atoms with Gasteiger partial charge in [0, 0.05) is 0 Å². The van der Waals surface area contributed by atoms with Crippen LogP contribution < -0.4 is 18.9 Å². The summed E-state index contributed by atoms with van der Waals surface area (Å²) in [4.78, 5) is 20.8. The smallest absolute Gasteiger partial charge is 0.494 e. The molecule has 138 valence electrons. The monoisotopic (exact) mass is 362 g/mol. The summed E-state index contributed by atoms with van der Waals surface area (Å²) in [6.07, 6.45) is -1.17. The predicted octanol–water partition coefficient (Wildman–Crippen LogP) is 4.04. The molecule has 0 aliphatic carbocycles. The van der Waals surface area contributed by atoms with Crippen molar-refractivity contribution in [2.75, 3.05) is 13.2 Å². The van der Waals surface area contributed by atoms with Crippen LogP contribution in [0, 0.1) is 0 Å². The van der Waals surface area contributed by atoms with E-state index in [0.29, 0.717) is 24.7 Å². The first-order valence-electron chi connectivity index (χ1n) is 7.80. The largest absolute Gasteiger partial charge is 0.511 e. The van der Waals surface area contributed by atoms with E-state index in [9.17, 15) is 9.59 Å². The minimum Gasteiger partial charge on any atom is -0.494 e. The van der Waals surface area contributed by atoms with Crippen LogP contribution in [0.3, 0.4) is 0 Å². The van der Waals surface area contributed by atoms with Crippen LogP contribution in [0.25, 0.3) is 0 Å². The number of hydrogen-bond acceptors (Lipinski definition) is 6. The minimum absolute atomic E-state index is 0.234. The Labute approximate surface area is 149 Å². The van der Waals surface area contributed by atoms with Gasteiger partial charge in [-0.05, 0) is 61.4 Å². The summed E-state index contributed by atoms with van der Waals surface area (Å²) < 4.78 is 20.1. The third-order valence-electron chi connectivity index (χ3n) is 3.13. The molecule has 0 heterocycles. The van der Waals surface area contributed by atoms with Crippen molar-refractivity contribution in [2.24, 2.45) is 0 Å². The van der Waals surface area contributed by atoms with Crippen molar-refractivity contribution in [2.45, 2.75) is 12.8 Å². The van der Waals surface area contributed by atoms with E-state index in [2.05, 4.69) is 9.47 Å². The van der Waals surface area contributed by atoms with Gasteiger partial charge in [0.15, 0.2) is 0 Å². The van der Waals surface area contributed by atoms with Crippen LogP contribution in [0.1, 0.15) is 12.8 Å². The molecular weight excluding hydrogens is 344 g/mol. The Bertz CT molecular complexity index is 645. The number of rotatable bonds is 9. The van der Waals surface area contributed by atoms with E-state index >= 15 is 0 Å². The fourth-order valence-electron chi connectivity index (χ4n) is 1.99. The van der Waals surface area contributed by atoms with Crippen molar-refractivity contribution < 1.29 is 38.7 Å². The second kappa shape index (κ2) is 9.77. The molecule has 0 fully saturated rings. The maximum absolute atomic E-state index is 10.4. The molecule has 0 saturated carbocycles. The Hall–Kier alpha value is -3.42. The Kier molecular flexibility index (Phi) is 7.11. The Morgan fingerprint density at radius 2 is 0.923 bits per heavy atom. The number of ether oxygens (including phenoxy) is 4. The average molecular weight is 362 g/mol. The lowest BCUT2D eigenvalue weighted by Gasteiger charge is -2.08. The van der Waals surface area contributed by atoms with E-state index in [1.165, 1.54) is 24.3 Å². The molecule has 2 rings (SSSR count). The normalized spacial score (nSPS) is 10.0. The minimum atomic E-state index is -1.36. The lowest BCUT2D eigenvalue weighted by molar-refractivity contribution is 0.143. The van der Waals surface area contributed by atoms with Crippen LogP contribution in [0.15, 0.2) is 48.5 Å². The van der Waals surface area contributed by atoms with E-state index < -0.39 is 12.3 Å². The Balaban J connectivity index is 1.60. The zero-order chi connectivity index (χ0) is 18.8. The molecule has 0 aliphatic heterocycles. The van der Waals surface area contributed by atoms with Gasteiger partial charge in [-0.3, -0.25) is 0 Å². The summed E-state index contributed by atoms with van der Waals surface area (Å²) >= 11 is 0. The quantitative estimate of drug-likeness (QED) is 0.390. The van der Waals surface area contributed by atoms with Gasteiger partial charge in [0.1, 0.15) is 23.0 Å². The molecule has 8 heteroatoms. The first-order chi connectivity index (χ1) is 12.5. The number of carbonyl (C=O) groups is 2. The predicted molar refractivity (Wildman–Crippen MR) is 90.4 cm³/mol. The van der Waals surface area contributed by atoms with Gasteiger partial charge in [-0.2, -0.15) is 0 Å².